The number of hydrogen-bond donors (Lipinski definition) is 4. The van der Waals surface area contributed by atoms with Gasteiger partial charge in [-0.2, -0.15) is 0 Å². The van der Waals surface area contributed by atoms with Gasteiger partial charge < -0.3 is 21.5 Å². The van der Waals surface area contributed by atoms with Crippen molar-refractivity contribution in [1.29, 1.82) is 0 Å². The Labute approximate surface area is 98.7 Å². The number of rotatable bonds is 5. The maximum atomic E-state index is 11.7. The number of nitrogens with two attached hydrogens (primary N) is 1. The molecule has 1 aliphatic heterocycles. The van der Waals surface area contributed by atoms with E-state index in [2.05, 4.69) is 10.6 Å². The number of carboxylic acids is 1. The van der Waals surface area contributed by atoms with Gasteiger partial charge in [0.2, 0.25) is 11.8 Å². The highest BCUT2D eigenvalue weighted by Gasteiger charge is 2.27. The van der Waals surface area contributed by atoms with Crippen LogP contribution in [0.1, 0.15) is 19.3 Å². The molecular formula is C10H17N3O4. The number of nitrogens with one attached hydrogen (secondary N) is 2. The van der Waals surface area contributed by atoms with Crippen molar-refractivity contribution in [2.24, 2.45) is 11.7 Å². The average molecular weight is 243 g/mol. The molecule has 1 rings (SSSR count). The normalized spacial score (nSPS) is 18.4. The van der Waals surface area contributed by atoms with E-state index >= 15 is 0 Å². The fourth-order valence-electron chi connectivity index (χ4n) is 1.77. The molecule has 1 heterocycles. The Morgan fingerprint density at radius 2 is 1.94 bits per heavy atom. The van der Waals surface area contributed by atoms with Gasteiger partial charge in [-0.15, -0.1) is 0 Å². The van der Waals surface area contributed by atoms with E-state index in [-0.39, 0.29) is 18.2 Å². The molecule has 2 amide bonds. The molecule has 0 aliphatic carbocycles. The van der Waals surface area contributed by atoms with Crippen LogP contribution >= 0.6 is 0 Å². The predicted molar refractivity (Wildman–Crippen MR) is 59.0 cm³/mol. The largest absolute Gasteiger partial charge is 0.480 e. The zero-order valence-corrected chi connectivity index (χ0v) is 9.44. The van der Waals surface area contributed by atoms with Crippen LogP contribution in [-0.4, -0.2) is 42.0 Å². The molecule has 17 heavy (non-hydrogen) atoms. The third-order valence-electron chi connectivity index (χ3n) is 2.73. The third kappa shape index (κ3) is 4.39. The number of piperidine rings is 1. The molecule has 1 fully saturated rings. The van der Waals surface area contributed by atoms with Crippen molar-refractivity contribution in [3.8, 4) is 0 Å². The summed E-state index contributed by atoms with van der Waals surface area (Å²) in [6.07, 6.45) is 0.968. The molecule has 0 bridgehead atoms. The summed E-state index contributed by atoms with van der Waals surface area (Å²) < 4.78 is 0. The molecule has 1 atom stereocenters. The molecule has 0 aromatic rings. The molecule has 7 nitrogen and oxygen atoms in total. The average Bonchev–Trinajstić information content (AvgIpc) is 2.28. The Balaban J connectivity index is 2.50. The Kier molecular flexibility index (Phi) is 4.89. The van der Waals surface area contributed by atoms with Gasteiger partial charge in [-0.05, 0) is 25.9 Å². The summed E-state index contributed by atoms with van der Waals surface area (Å²) in [6, 6.07) is -1.23. The molecule has 1 aliphatic rings. The molecule has 0 spiro atoms. The molecule has 0 unspecified atom stereocenters. The van der Waals surface area contributed by atoms with Crippen LogP contribution < -0.4 is 16.4 Å². The summed E-state index contributed by atoms with van der Waals surface area (Å²) in [5.74, 6) is -2.50. The number of carbonyl (C=O) groups excluding carboxylic acids is 2. The van der Waals surface area contributed by atoms with Gasteiger partial charge in [-0.1, -0.05) is 0 Å². The monoisotopic (exact) mass is 243 g/mol. The highest BCUT2D eigenvalue weighted by atomic mass is 16.4. The van der Waals surface area contributed by atoms with Crippen LogP contribution in [-0.2, 0) is 14.4 Å². The summed E-state index contributed by atoms with van der Waals surface area (Å²) in [7, 11) is 0. The minimum atomic E-state index is -1.24. The second kappa shape index (κ2) is 6.19. The van der Waals surface area contributed by atoms with E-state index in [0.717, 1.165) is 13.1 Å². The minimum absolute atomic E-state index is 0.189. The van der Waals surface area contributed by atoms with Crippen LogP contribution in [0.3, 0.4) is 0 Å². The summed E-state index contributed by atoms with van der Waals surface area (Å²) in [6.45, 7) is 1.48. The maximum absolute atomic E-state index is 11.7. The van der Waals surface area contributed by atoms with E-state index in [1.54, 1.807) is 0 Å². The van der Waals surface area contributed by atoms with Crippen molar-refractivity contribution in [2.45, 2.75) is 25.3 Å². The van der Waals surface area contributed by atoms with Crippen LogP contribution in [0.25, 0.3) is 0 Å². The van der Waals surface area contributed by atoms with Crippen LogP contribution in [0.2, 0.25) is 0 Å². The van der Waals surface area contributed by atoms with E-state index in [9.17, 15) is 14.4 Å². The molecule has 1 saturated heterocycles. The first-order chi connectivity index (χ1) is 8.00. The van der Waals surface area contributed by atoms with Crippen LogP contribution in [0.15, 0.2) is 0 Å². The highest BCUT2D eigenvalue weighted by molar-refractivity contribution is 5.88. The quantitative estimate of drug-likeness (QED) is 0.465. The molecule has 96 valence electrons. The Hall–Kier alpha value is -1.63. The van der Waals surface area contributed by atoms with Gasteiger partial charge in [0.1, 0.15) is 6.04 Å². The minimum Gasteiger partial charge on any atom is -0.480 e. The number of primary amides is 1. The second-order valence-corrected chi connectivity index (χ2v) is 4.09. The molecular weight excluding hydrogens is 226 g/mol. The Morgan fingerprint density at radius 1 is 1.35 bits per heavy atom. The number of carbonyl (C=O) groups is 3. The Bertz CT molecular complexity index is 313. The summed E-state index contributed by atoms with van der Waals surface area (Å²) in [5, 5.41) is 14.3. The van der Waals surface area contributed by atoms with Crippen molar-refractivity contribution < 1.29 is 19.5 Å². The van der Waals surface area contributed by atoms with Crippen molar-refractivity contribution in [1.82, 2.24) is 10.6 Å². The highest BCUT2D eigenvalue weighted by Crippen LogP contribution is 2.12. The first kappa shape index (κ1) is 13.4. The number of carboxylic acid groups (broad SMARTS) is 1. The first-order valence-corrected chi connectivity index (χ1v) is 5.53. The lowest BCUT2D eigenvalue weighted by molar-refractivity contribution is -0.144. The lowest BCUT2D eigenvalue weighted by Gasteiger charge is -2.23. The van der Waals surface area contributed by atoms with Gasteiger partial charge in [0, 0.05) is 5.92 Å². The van der Waals surface area contributed by atoms with Gasteiger partial charge in [0.25, 0.3) is 0 Å². The zero-order chi connectivity index (χ0) is 12.8. The fraction of sp³-hybridized carbons (Fsp3) is 0.700. The van der Waals surface area contributed by atoms with Gasteiger partial charge in [0.15, 0.2) is 0 Å². The smallest absolute Gasteiger partial charge is 0.326 e. The lowest BCUT2D eigenvalue weighted by atomic mass is 9.96. The molecule has 5 N–H and O–H groups in total. The van der Waals surface area contributed by atoms with E-state index in [4.69, 9.17) is 10.8 Å². The molecule has 0 saturated carbocycles. The molecule has 0 radical (unpaired) electrons. The standard InChI is InChI=1S/C10H17N3O4/c11-8(14)5-7(10(16)17)13-9(15)6-1-3-12-4-2-6/h6-7,12H,1-5H2,(H2,11,14)(H,13,15)(H,16,17)/t7-/m0/s1. The van der Waals surface area contributed by atoms with Crippen molar-refractivity contribution >= 4 is 17.8 Å². The molecule has 0 aromatic carbocycles. The van der Waals surface area contributed by atoms with E-state index in [0.29, 0.717) is 12.8 Å². The first-order valence-electron chi connectivity index (χ1n) is 5.53. The van der Waals surface area contributed by atoms with Gasteiger partial charge in [0.05, 0.1) is 6.42 Å². The maximum Gasteiger partial charge on any atom is 0.326 e. The number of aliphatic carboxylic acids is 1. The number of amides is 2. The van der Waals surface area contributed by atoms with Crippen molar-refractivity contribution in [3.05, 3.63) is 0 Å². The summed E-state index contributed by atoms with van der Waals surface area (Å²) in [4.78, 5) is 33.2. The predicted octanol–water partition coefficient (Wildman–Crippen LogP) is -1.57. The van der Waals surface area contributed by atoms with E-state index in [1.165, 1.54) is 0 Å². The second-order valence-electron chi connectivity index (χ2n) is 4.09. The lowest BCUT2D eigenvalue weighted by Crippen LogP contribution is -2.47. The van der Waals surface area contributed by atoms with Crippen LogP contribution in [0, 0.1) is 5.92 Å². The van der Waals surface area contributed by atoms with Gasteiger partial charge in [-0.25, -0.2) is 4.79 Å². The summed E-state index contributed by atoms with van der Waals surface area (Å²) >= 11 is 0. The van der Waals surface area contributed by atoms with Gasteiger partial charge in [-0.3, -0.25) is 9.59 Å². The van der Waals surface area contributed by atoms with Crippen LogP contribution in [0.4, 0.5) is 0 Å². The Morgan fingerprint density at radius 3 is 2.41 bits per heavy atom. The fourth-order valence-corrected chi connectivity index (χ4v) is 1.77. The van der Waals surface area contributed by atoms with Crippen molar-refractivity contribution in [2.75, 3.05) is 13.1 Å². The third-order valence-corrected chi connectivity index (χ3v) is 2.73. The van der Waals surface area contributed by atoms with E-state index in [1.807, 2.05) is 0 Å². The van der Waals surface area contributed by atoms with Crippen LogP contribution in [0.5, 0.6) is 0 Å². The van der Waals surface area contributed by atoms with Gasteiger partial charge >= 0.3 is 5.97 Å². The zero-order valence-electron chi connectivity index (χ0n) is 9.44. The van der Waals surface area contributed by atoms with E-state index < -0.39 is 17.9 Å². The SMILES string of the molecule is NC(=O)C[C@H](NC(=O)C1CCNCC1)C(=O)O. The molecule has 0 aromatic heterocycles. The topological polar surface area (TPSA) is 122 Å². The molecule has 7 heteroatoms. The summed E-state index contributed by atoms with van der Waals surface area (Å²) in [5.41, 5.74) is 4.92. The number of hydrogen-bond acceptors (Lipinski definition) is 4. The van der Waals surface area contributed by atoms with Crippen molar-refractivity contribution in [3.63, 3.8) is 0 Å².